The van der Waals surface area contributed by atoms with Gasteiger partial charge >= 0.3 is 0 Å². The van der Waals surface area contributed by atoms with Gasteiger partial charge < -0.3 is 9.47 Å². The van der Waals surface area contributed by atoms with Crippen LogP contribution in [0.2, 0.25) is 0 Å². The highest BCUT2D eigenvalue weighted by atomic mass is 32.1. The Morgan fingerprint density at radius 1 is 1.05 bits per heavy atom. The number of methoxy groups -OCH3 is 2. The third kappa shape index (κ3) is 2.44. The molecule has 0 fully saturated rings. The summed E-state index contributed by atoms with van der Waals surface area (Å²) in [5.41, 5.74) is 0.941. The van der Waals surface area contributed by atoms with E-state index in [1.165, 1.54) is 11.3 Å². The summed E-state index contributed by atoms with van der Waals surface area (Å²) in [6.45, 7) is 4.15. The van der Waals surface area contributed by atoms with E-state index in [0.717, 1.165) is 32.9 Å². The van der Waals surface area contributed by atoms with Crippen molar-refractivity contribution in [2.45, 2.75) is 19.8 Å². The monoisotopic (exact) mass is 304 g/mol. The van der Waals surface area contributed by atoms with Crippen molar-refractivity contribution in [3.05, 3.63) is 24.0 Å². The molecule has 0 saturated carbocycles. The van der Waals surface area contributed by atoms with E-state index in [0.29, 0.717) is 0 Å². The summed E-state index contributed by atoms with van der Waals surface area (Å²) >= 11 is 1.49. The molecule has 110 valence electrons. The summed E-state index contributed by atoms with van der Waals surface area (Å²) in [5, 5.41) is 13.8. The Balaban J connectivity index is 2.11. The highest BCUT2D eigenvalue weighted by Crippen LogP contribution is 2.32. The molecule has 7 heteroatoms. The minimum Gasteiger partial charge on any atom is -0.497 e. The Morgan fingerprint density at radius 3 is 2.29 bits per heavy atom. The zero-order valence-electron chi connectivity index (χ0n) is 12.3. The van der Waals surface area contributed by atoms with Crippen molar-refractivity contribution < 1.29 is 9.47 Å². The summed E-state index contributed by atoms with van der Waals surface area (Å²) in [6, 6.07) is 5.70. The second-order valence-electron chi connectivity index (χ2n) is 4.92. The van der Waals surface area contributed by atoms with Gasteiger partial charge in [0.05, 0.1) is 14.2 Å². The topological polar surface area (TPSA) is 61.5 Å². The predicted octanol–water partition coefficient (Wildman–Crippen LogP) is 2.99. The van der Waals surface area contributed by atoms with Crippen LogP contribution in [-0.4, -0.2) is 34.0 Å². The van der Waals surface area contributed by atoms with Crippen LogP contribution in [0.5, 0.6) is 11.5 Å². The summed E-state index contributed by atoms with van der Waals surface area (Å²) in [5.74, 6) is 2.61. The zero-order valence-corrected chi connectivity index (χ0v) is 13.1. The quantitative estimate of drug-likeness (QED) is 0.741. The lowest BCUT2D eigenvalue weighted by atomic mass is 10.2. The van der Waals surface area contributed by atoms with E-state index in [1.807, 2.05) is 18.2 Å². The molecule has 0 N–H and O–H groups in total. The van der Waals surface area contributed by atoms with E-state index >= 15 is 0 Å². The number of benzene rings is 1. The van der Waals surface area contributed by atoms with Crippen molar-refractivity contribution in [1.29, 1.82) is 0 Å². The van der Waals surface area contributed by atoms with Crippen LogP contribution in [0.25, 0.3) is 15.5 Å². The number of hydrogen-bond acceptors (Lipinski definition) is 6. The average Bonchev–Trinajstić information content (AvgIpc) is 3.06. The van der Waals surface area contributed by atoms with Gasteiger partial charge in [0, 0.05) is 17.5 Å². The number of hydrogen-bond donors (Lipinski definition) is 0. The number of nitrogens with zero attached hydrogens (tertiary/aromatic N) is 4. The molecular weight excluding hydrogens is 288 g/mol. The Morgan fingerprint density at radius 2 is 1.71 bits per heavy atom. The Labute approximate surface area is 126 Å². The first kappa shape index (κ1) is 13.8. The Hall–Kier alpha value is -2.15. The van der Waals surface area contributed by atoms with Crippen LogP contribution < -0.4 is 9.47 Å². The number of aromatic nitrogens is 4. The zero-order chi connectivity index (χ0) is 15.0. The van der Waals surface area contributed by atoms with Crippen LogP contribution in [0.1, 0.15) is 25.6 Å². The maximum Gasteiger partial charge on any atom is 0.234 e. The van der Waals surface area contributed by atoms with Gasteiger partial charge in [0.2, 0.25) is 4.96 Å². The smallest absolute Gasteiger partial charge is 0.234 e. The minimum atomic E-state index is 0.273. The molecule has 0 radical (unpaired) electrons. The second kappa shape index (κ2) is 5.33. The van der Waals surface area contributed by atoms with E-state index in [2.05, 4.69) is 29.1 Å². The SMILES string of the molecule is COc1cc(OC)cc(-c2nn3c(C(C)C)nnc3s2)c1. The van der Waals surface area contributed by atoms with Gasteiger partial charge in [-0.25, -0.2) is 0 Å². The van der Waals surface area contributed by atoms with Crippen molar-refractivity contribution >= 4 is 16.3 Å². The maximum absolute atomic E-state index is 5.30. The van der Waals surface area contributed by atoms with Gasteiger partial charge in [-0.05, 0) is 12.1 Å². The number of fused-ring (bicyclic) bond motifs is 1. The number of ether oxygens (including phenoxy) is 2. The van der Waals surface area contributed by atoms with Gasteiger partial charge in [-0.15, -0.1) is 10.2 Å². The maximum atomic E-state index is 5.30. The summed E-state index contributed by atoms with van der Waals surface area (Å²) in [7, 11) is 3.27. The first-order chi connectivity index (χ1) is 10.1. The third-order valence-corrected chi connectivity index (χ3v) is 4.08. The van der Waals surface area contributed by atoms with Gasteiger partial charge in [-0.1, -0.05) is 25.2 Å². The molecule has 0 saturated heterocycles. The molecule has 1 aromatic carbocycles. The highest BCUT2D eigenvalue weighted by molar-refractivity contribution is 7.19. The van der Waals surface area contributed by atoms with Gasteiger partial charge in [-0.2, -0.15) is 9.61 Å². The summed E-state index contributed by atoms with van der Waals surface area (Å²) in [6.07, 6.45) is 0. The largest absolute Gasteiger partial charge is 0.497 e. The molecule has 3 aromatic rings. The molecule has 21 heavy (non-hydrogen) atoms. The van der Waals surface area contributed by atoms with Crippen molar-refractivity contribution in [2.24, 2.45) is 0 Å². The van der Waals surface area contributed by atoms with Gasteiger partial charge in [0.25, 0.3) is 0 Å². The number of rotatable bonds is 4. The fourth-order valence-corrected chi connectivity index (χ4v) is 2.87. The fraction of sp³-hybridized carbons (Fsp3) is 0.357. The molecule has 0 amide bonds. The van der Waals surface area contributed by atoms with Crippen LogP contribution in [0, 0.1) is 0 Å². The molecule has 2 heterocycles. The average molecular weight is 304 g/mol. The van der Waals surface area contributed by atoms with Crippen molar-refractivity contribution in [3.8, 4) is 22.1 Å². The van der Waals surface area contributed by atoms with Gasteiger partial charge in [0.1, 0.15) is 16.5 Å². The molecule has 0 aliphatic heterocycles. The van der Waals surface area contributed by atoms with E-state index in [1.54, 1.807) is 18.7 Å². The van der Waals surface area contributed by atoms with Crippen molar-refractivity contribution in [2.75, 3.05) is 14.2 Å². The summed E-state index contributed by atoms with van der Waals surface area (Å²) < 4.78 is 12.4. The van der Waals surface area contributed by atoms with E-state index in [9.17, 15) is 0 Å². The van der Waals surface area contributed by atoms with Crippen LogP contribution in [0.4, 0.5) is 0 Å². The lowest BCUT2D eigenvalue weighted by molar-refractivity contribution is 0.394. The molecule has 0 spiro atoms. The molecule has 0 aliphatic carbocycles. The molecule has 6 nitrogen and oxygen atoms in total. The molecule has 0 bridgehead atoms. The standard InChI is InChI=1S/C14H16N4O2S/c1-8(2)12-15-16-14-18(12)17-13(21-14)9-5-10(19-3)7-11(6-9)20-4/h5-8H,1-4H3. The normalized spacial score (nSPS) is 11.3. The molecule has 0 aliphatic rings. The van der Waals surface area contributed by atoms with Crippen LogP contribution >= 0.6 is 11.3 Å². The Kier molecular flexibility index (Phi) is 3.50. The van der Waals surface area contributed by atoms with Crippen LogP contribution in [-0.2, 0) is 0 Å². The van der Waals surface area contributed by atoms with Crippen molar-refractivity contribution in [1.82, 2.24) is 19.8 Å². The van der Waals surface area contributed by atoms with Gasteiger partial charge in [0.15, 0.2) is 5.82 Å². The van der Waals surface area contributed by atoms with Crippen molar-refractivity contribution in [3.63, 3.8) is 0 Å². The predicted molar refractivity (Wildman–Crippen MR) is 81.3 cm³/mol. The molecule has 3 rings (SSSR count). The van der Waals surface area contributed by atoms with E-state index < -0.39 is 0 Å². The van der Waals surface area contributed by atoms with Crippen LogP contribution in [0.3, 0.4) is 0 Å². The molecule has 0 atom stereocenters. The third-order valence-electron chi connectivity index (χ3n) is 3.13. The lowest BCUT2D eigenvalue weighted by Gasteiger charge is -2.06. The molecule has 0 unspecified atom stereocenters. The summed E-state index contributed by atoms with van der Waals surface area (Å²) in [4.78, 5) is 0.787. The fourth-order valence-electron chi connectivity index (χ4n) is 2.04. The first-order valence-electron chi connectivity index (χ1n) is 6.58. The van der Waals surface area contributed by atoms with E-state index in [4.69, 9.17) is 9.47 Å². The Bertz CT molecular complexity index is 756. The molecular formula is C14H16N4O2S. The lowest BCUT2D eigenvalue weighted by Crippen LogP contribution is -1.98. The minimum absolute atomic E-state index is 0.273. The van der Waals surface area contributed by atoms with Gasteiger partial charge in [-0.3, -0.25) is 0 Å². The second-order valence-corrected chi connectivity index (χ2v) is 5.87. The first-order valence-corrected chi connectivity index (χ1v) is 7.39. The van der Waals surface area contributed by atoms with Crippen LogP contribution in [0.15, 0.2) is 18.2 Å². The molecule has 2 aromatic heterocycles. The highest BCUT2D eigenvalue weighted by Gasteiger charge is 2.16. The van der Waals surface area contributed by atoms with E-state index in [-0.39, 0.29) is 5.92 Å².